The molecule has 0 aliphatic carbocycles. The number of benzene rings is 1. The first-order valence-electron chi connectivity index (χ1n) is 15.1. The summed E-state index contributed by atoms with van der Waals surface area (Å²) in [6, 6.07) is 3.00. The molecule has 0 radical (unpaired) electrons. The number of ether oxygens (including phenoxy) is 2. The first-order valence-corrected chi connectivity index (χ1v) is 15.1. The van der Waals surface area contributed by atoms with Gasteiger partial charge in [-0.2, -0.15) is 9.97 Å². The maximum absolute atomic E-state index is 16.1. The lowest BCUT2D eigenvalue weighted by Crippen LogP contribution is -2.43. The molecule has 3 aliphatic heterocycles. The van der Waals surface area contributed by atoms with Crippen LogP contribution in [0.3, 0.4) is 0 Å². The molecule has 3 aliphatic rings. The van der Waals surface area contributed by atoms with Crippen molar-refractivity contribution >= 4 is 10.9 Å². The van der Waals surface area contributed by atoms with Crippen LogP contribution in [0.1, 0.15) is 56.1 Å². The van der Waals surface area contributed by atoms with Gasteiger partial charge in [0.25, 0.3) is 0 Å². The van der Waals surface area contributed by atoms with Gasteiger partial charge in [-0.1, -0.05) is 0 Å². The first kappa shape index (κ1) is 28.9. The molecule has 5 heterocycles. The Bertz CT molecular complexity index is 1430. The van der Waals surface area contributed by atoms with Gasteiger partial charge < -0.3 is 25.0 Å². The number of hydrogen-bond donors (Lipinski definition) is 3. The minimum absolute atomic E-state index is 0.00555. The van der Waals surface area contributed by atoms with Gasteiger partial charge >= 0.3 is 6.01 Å². The predicted octanol–water partition coefficient (Wildman–Crippen LogP) is 4.60. The molecule has 3 saturated heterocycles. The van der Waals surface area contributed by atoms with E-state index in [1.54, 1.807) is 6.07 Å². The smallest absolute Gasteiger partial charge is 0.320 e. The summed E-state index contributed by atoms with van der Waals surface area (Å²) in [6.07, 6.45) is 7.44. The van der Waals surface area contributed by atoms with Crippen molar-refractivity contribution in [3.63, 3.8) is 0 Å². The largest absolute Gasteiger partial charge is 0.508 e. The van der Waals surface area contributed by atoms with Gasteiger partial charge in [-0.05, 0) is 88.2 Å². The van der Waals surface area contributed by atoms with Gasteiger partial charge in [0.15, 0.2) is 5.82 Å². The second-order valence-corrected chi connectivity index (χ2v) is 12.0. The molecule has 42 heavy (non-hydrogen) atoms. The van der Waals surface area contributed by atoms with Gasteiger partial charge in [0.1, 0.15) is 29.7 Å². The summed E-state index contributed by atoms with van der Waals surface area (Å²) in [5.74, 6) is -1.18. The molecule has 2 aromatic heterocycles. The van der Waals surface area contributed by atoms with Gasteiger partial charge in [-0.25, -0.2) is 8.78 Å². The molecule has 0 saturated carbocycles. The summed E-state index contributed by atoms with van der Waals surface area (Å²) in [7, 11) is 0. The zero-order valence-electron chi connectivity index (χ0n) is 24.0. The third-order valence-electron chi connectivity index (χ3n) is 9.01. The fourth-order valence-electron chi connectivity index (χ4n) is 6.89. The van der Waals surface area contributed by atoms with Crippen molar-refractivity contribution in [2.45, 2.75) is 76.1 Å². The number of phenolic OH excluding ortho intramolecular Hbond substituents is 1. The topological polar surface area (TPSA) is 113 Å². The number of pyridine rings is 1. The van der Waals surface area contributed by atoms with Crippen molar-refractivity contribution in [1.29, 1.82) is 0 Å². The number of phenols is 1. The molecular formula is C31H39F2N5O4. The standard InChI is InChI=1S/C31H39F2N5O4/c1-19-12-21(39)13-24(23(19)7-4-11-41-22-6-2-3-9-34-15-22)27-26(33)28-25(16-35-27)29(40)37-30(36-28)42-18-31-8-5-10-38(31)17-20(32)14-31/h12-13,16,20,22,34,39H,2-11,14-15,17-18H2,1H3,(H,36,37,40)/t20-,22?,31+/m1/s1. The third kappa shape index (κ3) is 5.87. The van der Waals surface area contributed by atoms with Crippen LogP contribution in [0.15, 0.2) is 18.3 Å². The third-order valence-corrected chi connectivity index (χ3v) is 9.01. The Morgan fingerprint density at radius 3 is 2.95 bits per heavy atom. The number of nitrogens with zero attached hydrogens (tertiary/aromatic N) is 4. The van der Waals surface area contributed by atoms with Gasteiger partial charge in [-0.3, -0.25) is 9.88 Å². The maximum atomic E-state index is 16.1. The van der Waals surface area contributed by atoms with Gasteiger partial charge in [0.2, 0.25) is 5.88 Å². The second-order valence-electron chi connectivity index (χ2n) is 12.0. The molecule has 11 heteroatoms. The first-order chi connectivity index (χ1) is 20.3. The molecule has 3 aromatic rings. The lowest BCUT2D eigenvalue weighted by Gasteiger charge is -2.30. The van der Waals surface area contributed by atoms with Crippen molar-refractivity contribution in [1.82, 2.24) is 25.2 Å². The molecule has 1 unspecified atom stereocenters. The molecule has 0 bridgehead atoms. The molecule has 0 amide bonds. The molecule has 0 spiro atoms. The van der Waals surface area contributed by atoms with Crippen molar-refractivity contribution in [2.75, 3.05) is 39.4 Å². The van der Waals surface area contributed by atoms with Crippen LogP contribution in [0.5, 0.6) is 17.6 Å². The predicted molar refractivity (Wildman–Crippen MR) is 154 cm³/mol. The van der Waals surface area contributed by atoms with Crippen molar-refractivity contribution in [2.24, 2.45) is 0 Å². The molecular weight excluding hydrogens is 544 g/mol. The SMILES string of the molecule is Cc1cc(O)cc(-c2ncc3c(O)nc(OC[C@@]45CCCN4C[C@H](F)C5)nc3c2F)c1CCCOC1CCCCNC1. The Kier molecular flexibility index (Phi) is 8.42. The quantitative estimate of drug-likeness (QED) is 0.311. The zero-order chi connectivity index (χ0) is 29.3. The van der Waals surface area contributed by atoms with E-state index in [2.05, 4.69) is 25.2 Å². The normalized spacial score (nSPS) is 24.6. The van der Waals surface area contributed by atoms with Gasteiger partial charge in [-0.15, -0.1) is 0 Å². The lowest BCUT2D eigenvalue weighted by molar-refractivity contribution is 0.0494. The van der Waals surface area contributed by atoms with Crippen molar-refractivity contribution in [3.8, 4) is 28.9 Å². The zero-order valence-corrected chi connectivity index (χ0v) is 24.0. The Morgan fingerprint density at radius 2 is 2.07 bits per heavy atom. The van der Waals surface area contributed by atoms with Crippen LogP contribution in [0.4, 0.5) is 8.78 Å². The number of aryl methyl sites for hydroxylation is 1. The maximum Gasteiger partial charge on any atom is 0.320 e. The molecule has 9 nitrogen and oxygen atoms in total. The number of aromatic hydroxyl groups is 2. The number of rotatable bonds is 9. The number of fused-ring (bicyclic) bond motifs is 2. The summed E-state index contributed by atoms with van der Waals surface area (Å²) in [6.45, 7) is 5.68. The molecule has 226 valence electrons. The van der Waals surface area contributed by atoms with E-state index in [4.69, 9.17) is 9.47 Å². The van der Waals surface area contributed by atoms with Crippen LogP contribution < -0.4 is 10.1 Å². The van der Waals surface area contributed by atoms with E-state index in [1.807, 2.05) is 6.92 Å². The summed E-state index contributed by atoms with van der Waals surface area (Å²) in [4.78, 5) is 14.8. The van der Waals surface area contributed by atoms with Crippen molar-refractivity contribution in [3.05, 3.63) is 35.3 Å². The Hall–Kier alpha value is -3.15. The van der Waals surface area contributed by atoms with E-state index in [0.29, 0.717) is 31.6 Å². The van der Waals surface area contributed by atoms with E-state index in [0.717, 1.165) is 69.3 Å². The van der Waals surface area contributed by atoms with Crippen LogP contribution in [0.2, 0.25) is 0 Å². The average molecular weight is 584 g/mol. The van der Waals surface area contributed by atoms with Crippen LogP contribution >= 0.6 is 0 Å². The Labute approximate surface area is 244 Å². The van der Waals surface area contributed by atoms with E-state index < -0.39 is 23.4 Å². The highest BCUT2D eigenvalue weighted by atomic mass is 19.1. The molecule has 3 fully saturated rings. The number of aromatic nitrogens is 3. The molecule has 1 aromatic carbocycles. The number of nitrogens with one attached hydrogen (secondary N) is 1. The second kappa shape index (κ2) is 12.2. The Balaban J connectivity index is 1.24. The van der Waals surface area contributed by atoms with Crippen LogP contribution in [-0.4, -0.2) is 87.3 Å². The van der Waals surface area contributed by atoms with Gasteiger partial charge in [0, 0.05) is 37.9 Å². The fourth-order valence-corrected chi connectivity index (χ4v) is 6.89. The molecule has 3 N–H and O–H groups in total. The van der Waals surface area contributed by atoms with Crippen LogP contribution in [0.25, 0.3) is 22.2 Å². The highest BCUT2D eigenvalue weighted by molar-refractivity contribution is 5.87. The number of halogens is 2. The molecule has 3 atom stereocenters. The lowest BCUT2D eigenvalue weighted by atomic mass is 9.94. The van der Waals surface area contributed by atoms with Crippen LogP contribution in [0, 0.1) is 12.7 Å². The number of hydrogen-bond acceptors (Lipinski definition) is 9. The monoisotopic (exact) mass is 583 g/mol. The summed E-state index contributed by atoms with van der Waals surface area (Å²) < 4.78 is 42.3. The summed E-state index contributed by atoms with van der Waals surface area (Å²) in [5, 5.41) is 24.5. The van der Waals surface area contributed by atoms with E-state index >= 15 is 4.39 Å². The highest BCUT2D eigenvalue weighted by Crippen LogP contribution is 2.41. The van der Waals surface area contributed by atoms with Crippen molar-refractivity contribution < 1.29 is 28.5 Å². The summed E-state index contributed by atoms with van der Waals surface area (Å²) >= 11 is 0. The van der Waals surface area contributed by atoms with E-state index in [9.17, 15) is 14.6 Å². The summed E-state index contributed by atoms with van der Waals surface area (Å²) in [5.41, 5.74) is 1.60. The highest BCUT2D eigenvalue weighted by Gasteiger charge is 2.49. The fraction of sp³-hybridized carbons (Fsp3) is 0.581. The average Bonchev–Trinajstić information content (AvgIpc) is 3.34. The van der Waals surface area contributed by atoms with Gasteiger partial charge in [0.05, 0.1) is 17.0 Å². The Morgan fingerprint density at radius 1 is 1.19 bits per heavy atom. The van der Waals surface area contributed by atoms with E-state index in [-0.39, 0.29) is 41.1 Å². The van der Waals surface area contributed by atoms with Crippen LogP contribution in [-0.2, 0) is 11.2 Å². The minimum atomic E-state index is -0.911. The molecule has 6 rings (SSSR count). The number of alkyl halides is 1. The van der Waals surface area contributed by atoms with E-state index in [1.165, 1.54) is 12.3 Å². The minimum Gasteiger partial charge on any atom is -0.508 e.